The summed E-state index contributed by atoms with van der Waals surface area (Å²) in [6, 6.07) is 0. The van der Waals surface area contributed by atoms with Gasteiger partial charge in [-0.1, -0.05) is 45.9 Å². The molecule has 0 aliphatic heterocycles. The molecule has 0 N–H and O–H groups in total. The largest absolute Gasteiger partial charge is 0.287 e. The van der Waals surface area contributed by atoms with Crippen LogP contribution in [-0.4, -0.2) is 10.9 Å². The lowest BCUT2D eigenvalue weighted by molar-refractivity contribution is -0.111. The molecular formula is C11H22OS. The number of carbonyl (C=O) groups excluding carboxylic acids is 1. The topological polar surface area (TPSA) is 17.1 Å². The van der Waals surface area contributed by atoms with Crippen LogP contribution in [0.15, 0.2) is 0 Å². The van der Waals surface area contributed by atoms with Crippen LogP contribution in [0.4, 0.5) is 0 Å². The third kappa shape index (κ3) is 9.94. The smallest absolute Gasteiger partial charge is 0.188 e. The number of carbonyl (C=O) groups is 1. The molecule has 0 amide bonds. The zero-order chi connectivity index (χ0) is 10.3. The zero-order valence-electron chi connectivity index (χ0n) is 9.35. The molecule has 0 aromatic carbocycles. The van der Waals surface area contributed by atoms with Gasteiger partial charge in [-0.2, -0.15) is 0 Å². The summed E-state index contributed by atoms with van der Waals surface area (Å²) >= 11 is 1.50. The molecular weight excluding hydrogens is 180 g/mol. The molecule has 13 heavy (non-hydrogen) atoms. The molecule has 0 bridgehead atoms. The molecule has 0 aliphatic carbocycles. The fourth-order valence-corrected chi connectivity index (χ4v) is 2.10. The van der Waals surface area contributed by atoms with E-state index >= 15 is 0 Å². The Bertz CT molecular complexity index is 147. The maximum Gasteiger partial charge on any atom is 0.188 e. The third-order valence-corrected chi connectivity index (χ3v) is 2.78. The Morgan fingerprint density at radius 2 is 1.92 bits per heavy atom. The standard InChI is InChI=1S/C11H22OS/c1-5-6-7-10(12)13-9-8-11(2,3)4/h5-9H2,1-4H3. The first kappa shape index (κ1) is 13.0. The van der Waals surface area contributed by atoms with Gasteiger partial charge in [0.25, 0.3) is 0 Å². The normalized spacial score (nSPS) is 11.7. The molecule has 0 spiro atoms. The third-order valence-electron chi connectivity index (χ3n) is 1.85. The molecule has 0 unspecified atom stereocenters. The SMILES string of the molecule is CCCCC(=O)SCCC(C)(C)C. The Balaban J connectivity index is 3.37. The van der Waals surface area contributed by atoms with Crippen molar-refractivity contribution in [3.8, 4) is 0 Å². The highest BCUT2D eigenvalue weighted by atomic mass is 32.2. The van der Waals surface area contributed by atoms with E-state index in [-0.39, 0.29) is 0 Å². The molecule has 0 heterocycles. The Morgan fingerprint density at radius 3 is 2.38 bits per heavy atom. The van der Waals surface area contributed by atoms with E-state index in [4.69, 9.17) is 0 Å². The first-order chi connectivity index (χ1) is 5.95. The van der Waals surface area contributed by atoms with Crippen molar-refractivity contribution in [3.63, 3.8) is 0 Å². The van der Waals surface area contributed by atoms with E-state index in [1.807, 2.05) is 0 Å². The van der Waals surface area contributed by atoms with Crippen molar-refractivity contribution in [1.82, 2.24) is 0 Å². The summed E-state index contributed by atoms with van der Waals surface area (Å²) < 4.78 is 0. The Labute approximate surface area is 86.7 Å². The van der Waals surface area contributed by atoms with Gasteiger partial charge in [-0.15, -0.1) is 0 Å². The highest BCUT2D eigenvalue weighted by molar-refractivity contribution is 8.13. The van der Waals surface area contributed by atoms with Crippen LogP contribution in [0.1, 0.15) is 53.4 Å². The van der Waals surface area contributed by atoms with Gasteiger partial charge in [0, 0.05) is 12.2 Å². The maximum absolute atomic E-state index is 11.3. The van der Waals surface area contributed by atoms with Gasteiger partial charge in [-0.25, -0.2) is 0 Å². The first-order valence-electron chi connectivity index (χ1n) is 5.11. The predicted octanol–water partition coefficient (Wildman–Crippen LogP) is 3.87. The second kappa shape index (κ2) is 6.47. The summed E-state index contributed by atoms with van der Waals surface area (Å²) in [5.74, 6) is 0.978. The lowest BCUT2D eigenvalue weighted by Crippen LogP contribution is -2.07. The highest BCUT2D eigenvalue weighted by Gasteiger charge is 2.10. The van der Waals surface area contributed by atoms with Crippen molar-refractivity contribution >= 4 is 16.9 Å². The lowest BCUT2D eigenvalue weighted by Gasteiger charge is -2.16. The van der Waals surface area contributed by atoms with Gasteiger partial charge in [-0.3, -0.25) is 4.79 Å². The Hall–Kier alpha value is 0.0200. The molecule has 2 heteroatoms. The summed E-state index contributed by atoms with van der Waals surface area (Å²) in [7, 11) is 0. The molecule has 0 saturated heterocycles. The summed E-state index contributed by atoms with van der Waals surface area (Å²) in [6.07, 6.45) is 4.04. The second-order valence-corrected chi connectivity index (χ2v) is 5.79. The van der Waals surface area contributed by atoms with E-state index in [0.717, 1.165) is 31.4 Å². The minimum Gasteiger partial charge on any atom is -0.287 e. The van der Waals surface area contributed by atoms with E-state index in [2.05, 4.69) is 27.7 Å². The molecule has 0 rings (SSSR count). The van der Waals surface area contributed by atoms with Crippen molar-refractivity contribution in [2.75, 3.05) is 5.75 Å². The second-order valence-electron chi connectivity index (χ2n) is 4.63. The fraction of sp³-hybridized carbons (Fsp3) is 0.909. The summed E-state index contributed by atoms with van der Waals surface area (Å²) in [6.45, 7) is 8.76. The van der Waals surface area contributed by atoms with Crippen LogP contribution in [0.3, 0.4) is 0 Å². The predicted molar refractivity (Wildman–Crippen MR) is 61.1 cm³/mol. The van der Waals surface area contributed by atoms with Gasteiger partial charge in [0.05, 0.1) is 0 Å². The molecule has 0 atom stereocenters. The highest BCUT2D eigenvalue weighted by Crippen LogP contribution is 2.22. The van der Waals surface area contributed by atoms with Crippen molar-refractivity contribution in [3.05, 3.63) is 0 Å². The van der Waals surface area contributed by atoms with Gasteiger partial charge in [0.2, 0.25) is 0 Å². The van der Waals surface area contributed by atoms with Crippen LogP contribution in [-0.2, 0) is 4.79 Å². The number of unbranched alkanes of at least 4 members (excludes halogenated alkanes) is 1. The van der Waals surface area contributed by atoms with Gasteiger partial charge in [0.15, 0.2) is 5.12 Å². The maximum atomic E-state index is 11.3. The summed E-state index contributed by atoms with van der Waals surface area (Å²) in [5, 5.41) is 0.367. The average Bonchev–Trinajstić information content (AvgIpc) is 1.98. The number of hydrogen-bond donors (Lipinski definition) is 0. The van der Waals surface area contributed by atoms with E-state index in [1.54, 1.807) is 0 Å². The molecule has 0 radical (unpaired) electrons. The number of hydrogen-bond acceptors (Lipinski definition) is 2. The van der Waals surface area contributed by atoms with Crippen LogP contribution in [0.5, 0.6) is 0 Å². The van der Waals surface area contributed by atoms with Crippen LogP contribution in [0, 0.1) is 5.41 Å². The molecule has 0 aromatic rings. The van der Waals surface area contributed by atoms with Crippen LogP contribution < -0.4 is 0 Å². The molecule has 1 nitrogen and oxygen atoms in total. The number of thioether (sulfide) groups is 1. The lowest BCUT2D eigenvalue weighted by atomic mass is 9.94. The van der Waals surface area contributed by atoms with E-state index in [9.17, 15) is 4.79 Å². The number of rotatable bonds is 5. The van der Waals surface area contributed by atoms with E-state index in [1.165, 1.54) is 11.8 Å². The Morgan fingerprint density at radius 1 is 1.31 bits per heavy atom. The van der Waals surface area contributed by atoms with Gasteiger partial charge < -0.3 is 0 Å². The van der Waals surface area contributed by atoms with Gasteiger partial charge in [0.1, 0.15) is 0 Å². The van der Waals surface area contributed by atoms with Crippen LogP contribution in [0.2, 0.25) is 0 Å². The molecule has 0 saturated carbocycles. The van der Waals surface area contributed by atoms with Crippen molar-refractivity contribution in [2.45, 2.75) is 53.4 Å². The first-order valence-corrected chi connectivity index (χ1v) is 6.10. The van der Waals surface area contributed by atoms with Crippen molar-refractivity contribution in [2.24, 2.45) is 5.41 Å². The van der Waals surface area contributed by atoms with E-state index < -0.39 is 0 Å². The Kier molecular flexibility index (Phi) is 6.48. The van der Waals surface area contributed by atoms with Crippen molar-refractivity contribution < 1.29 is 4.79 Å². The molecule has 0 aliphatic rings. The fourth-order valence-electron chi connectivity index (χ4n) is 0.864. The van der Waals surface area contributed by atoms with Crippen molar-refractivity contribution in [1.29, 1.82) is 0 Å². The van der Waals surface area contributed by atoms with Crippen LogP contribution in [0.25, 0.3) is 0 Å². The quantitative estimate of drug-likeness (QED) is 0.673. The van der Waals surface area contributed by atoms with E-state index in [0.29, 0.717) is 10.5 Å². The van der Waals surface area contributed by atoms with Gasteiger partial charge in [-0.05, 0) is 18.3 Å². The zero-order valence-corrected chi connectivity index (χ0v) is 10.2. The monoisotopic (exact) mass is 202 g/mol. The van der Waals surface area contributed by atoms with Crippen LogP contribution >= 0.6 is 11.8 Å². The molecule has 78 valence electrons. The summed E-state index contributed by atoms with van der Waals surface area (Å²) in [5.41, 5.74) is 0.359. The minimum atomic E-state index is 0.359. The minimum absolute atomic E-state index is 0.359. The summed E-state index contributed by atoms with van der Waals surface area (Å²) in [4.78, 5) is 11.3. The molecule has 0 fully saturated rings. The van der Waals surface area contributed by atoms with Gasteiger partial charge >= 0.3 is 0 Å². The molecule has 0 aromatic heterocycles. The average molecular weight is 202 g/mol.